The van der Waals surface area contributed by atoms with E-state index < -0.39 is 0 Å². The number of benzene rings is 1. The second kappa shape index (κ2) is 8.17. The van der Waals surface area contributed by atoms with E-state index in [0.717, 1.165) is 23.4 Å². The third kappa shape index (κ3) is 5.45. The van der Waals surface area contributed by atoms with Gasteiger partial charge in [0.25, 0.3) is 0 Å². The first-order chi connectivity index (χ1) is 8.17. The Balaban J connectivity index is 2.51. The molecule has 0 saturated carbocycles. The molecule has 1 nitrogen and oxygen atoms in total. The van der Waals surface area contributed by atoms with Crippen molar-refractivity contribution in [1.82, 2.24) is 5.32 Å². The molecule has 0 aliphatic heterocycles. The predicted octanol–water partition coefficient (Wildman–Crippen LogP) is 4.49. The summed E-state index contributed by atoms with van der Waals surface area (Å²) in [6, 6.07) is 9.11. The minimum Gasteiger partial charge on any atom is -0.310 e. The molecule has 2 atom stereocenters. The summed E-state index contributed by atoms with van der Waals surface area (Å²) in [4.78, 5) is 0. The SMILES string of the molecule is CCC(NCC(C)CSC)c1ccc(Br)cc1. The van der Waals surface area contributed by atoms with Gasteiger partial charge in [0.1, 0.15) is 0 Å². The van der Waals surface area contributed by atoms with Gasteiger partial charge in [-0.3, -0.25) is 0 Å². The average molecular weight is 316 g/mol. The Labute approximate surface area is 118 Å². The van der Waals surface area contributed by atoms with E-state index in [9.17, 15) is 0 Å². The smallest absolute Gasteiger partial charge is 0.0317 e. The normalized spacial score (nSPS) is 14.6. The molecule has 96 valence electrons. The van der Waals surface area contributed by atoms with Gasteiger partial charge in [-0.1, -0.05) is 41.9 Å². The highest BCUT2D eigenvalue weighted by atomic mass is 79.9. The number of thioether (sulfide) groups is 1. The Bertz CT molecular complexity index is 313. The van der Waals surface area contributed by atoms with Crippen molar-refractivity contribution in [3.63, 3.8) is 0 Å². The molecule has 0 radical (unpaired) electrons. The van der Waals surface area contributed by atoms with Crippen LogP contribution in [0.25, 0.3) is 0 Å². The molecule has 0 spiro atoms. The summed E-state index contributed by atoms with van der Waals surface area (Å²) in [6.07, 6.45) is 3.30. The third-order valence-electron chi connectivity index (χ3n) is 2.84. The van der Waals surface area contributed by atoms with Gasteiger partial charge in [-0.15, -0.1) is 0 Å². The molecule has 1 N–H and O–H groups in total. The molecule has 0 amide bonds. The van der Waals surface area contributed by atoms with Crippen molar-refractivity contribution in [2.75, 3.05) is 18.6 Å². The zero-order valence-corrected chi connectivity index (χ0v) is 13.3. The lowest BCUT2D eigenvalue weighted by Crippen LogP contribution is -2.26. The fourth-order valence-corrected chi connectivity index (χ4v) is 2.83. The van der Waals surface area contributed by atoms with Crippen LogP contribution in [0.15, 0.2) is 28.7 Å². The highest BCUT2D eigenvalue weighted by Crippen LogP contribution is 2.19. The Hall–Kier alpha value is 0.01000. The third-order valence-corrected chi connectivity index (χ3v) is 4.28. The Kier molecular flexibility index (Phi) is 7.24. The van der Waals surface area contributed by atoms with Crippen molar-refractivity contribution < 1.29 is 0 Å². The van der Waals surface area contributed by atoms with Crippen LogP contribution < -0.4 is 5.32 Å². The van der Waals surface area contributed by atoms with Crippen LogP contribution >= 0.6 is 27.7 Å². The maximum Gasteiger partial charge on any atom is 0.0317 e. The average Bonchev–Trinajstić information content (AvgIpc) is 2.32. The summed E-state index contributed by atoms with van der Waals surface area (Å²) < 4.78 is 1.15. The standard InChI is InChI=1S/C14H22BrNS/c1-4-14(16-9-11(2)10-17-3)12-5-7-13(15)8-6-12/h5-8,11,14,16H,4,9-10H2,1-3H3. The maximum atomic E-state index is 3.66. The van der Waals surface area contributed by atoms with Crippen LogP contribution in [-0.2, 0) is 0 Å². The van der Waals surface area contributed by atoms with Gasteiger partial charge in [-0.2, -0.15) is 11.8 Å². The van der Waals surface area contributed by atoms with Gasteiger partial charge in [0.2, 0.25) is 0 Å². The monoisotopic (exact) mass is 315 g/mol. The van der Waals surface area contributed by atoms with Gasteiger partial charge in [0, 0.05) is 10.5 Å². The van der Waals surface area contributed by atoms with E-state index in [-0.39, 0.29) is 0 Å². The van der Waals surface area contributed by atoms with E-state index in [4.69, 9.17) is 0 Å². The quantitative estimate of drug-likeness (QED) is 0.795. The number of rotatable bonds is 7. The number of hydrogen-bond donors (Lipinski definition) is 1. The molecular weight excluding hydrogens is 294 g/mol. The Morgan fingerprint density at radius 2 is 1.94 bits per heavy atom. The van der Waals surface area contributed by atoms with Gasteiger partial charge in [-0.05, 0) is 48.6 Å². The van der Waals surface area contributed by atoms with Crippen LogP contribution in [0.1, 0.15) is 31.9 Å². The lowest BCUT2D eigenvalue weighted by Gasteiger charge is -2.20. The molecule has 0 aliphatic rings. The highest BCUT2D eigenvalue weighted by molar-refractivity contribution is 9.10. The first-order valence-corrected chi connectivity index (χ1v) is 8.33. The number of hydrogen-bond acceptors (Lipinski definition) is 2. The Morgan fingerprint density at radius 3 is 2.47 bits per heavy atom. The first-order valence-electron chi connectivity index (χ1n) is 6.15. The number of nitrogens with one attached hydrogen (secondary N) is 1. The minimum atomic E-state index is 0.479. The van der Waals surface area contributed by atoms with E-state index in [1.54, 1.807) is 0 Å². The molecule has 17 heavy (non-hydrogen) atoms. The summed E-state index contributed by atoms with van der Waals surface area (Å²) >= 11 is 5.40. The van der Waals surface area contributed by atoms with E-state index in [0.29, 0.717) is 6.04 Å². The molecule has 1 rings (SSSR count). The van der Waals surface area contributed by atoms with Gasteiger partial charge >= 0.3 is 0 Å². The van der Waals surface area contributed by atoms with Crippen LogP contribution in [0, 0.1) is 5.92 Å². The molecular formula is C14H22BrNS. The molecule has 1 aromatic rings. The van der Waals surface area contributed by atoms with Crippen molar-refractivity contribution >= 4 is 27.7 Å². The fourth-order valence-electron chi connectivity index (χ4n) is 1.88. The van der Waals surface area contributed by atoms with Crippen molar-refractivity contribution in [1.29, 1.82) is 0 Å². The molecule has 0 heterocycles. The molecule has 0 saturated heterocycles. The van der Waals surface area contributed by atoms with Crippen molar-refractivity contribution in [2.24, 2.45) is 5.92 Å². The van der Waals surface area contributed by atoms with Crippen LogP contribution in [0.2, 0.25) is 0 Å². The summed E-state index contributed by atoms with van der Waals surface area (Å²) in [5, 5.41) is 3.66. The molecule has 0 aromatic heterocycles. The lowest BCUT2D eigenvalue weighted by molar-refractivity contribution is 0.468. The molecule has 2 unspecified atom stereocenters. The highest BCUT2D eigenvalue weighted by Gasteiger charge is 2.10. The van der Waals surface area contributed by atoms with E-state index >= 15 is 0 Å². The lowest BCUT2D eigenvalue weighted by atomic mass is 10.0. The maximum absolute atomic E-state index is 3.66. The number of halogens is 1. The second-order valence-electron chi connectivity index (χ2n) is 4.48. The summed E-state index contributed by atoms with van der Waals surface area (Å²) in [5.41, 5.74) is 1.38. The summed E-state index contributed by atoms with van der Waals surface area (Å²) in [6.45, 7) is 5.63. The van der Waals surface area contributed by atoms with Crippen molar-refractivity contribution in [2.45, 2.75) is 26.3 Å². The second-order valence-corrected chi connectivity index (χ2v) is 6.31. The topological polar surface area (TPSA) is 12.0 Å². The van der Waals surface area contributed by atoms with Gasteiger partial charge < -0.3 is 5.32 Å². The molecule has 3 heteroatoms. The van der Waals surface area contributed by atoms with Crippen LogP contribution in [0.3, 0.4) is 0 Å². The molecule has 0 fully saturated rings. The first kappa shape index (κ1) is 15.1. The van der Waals surface area contributed by atoms with Crippen LogP contribution in [-0.4, -0.2) is 18.6 Å². The van der Waals surface area contributed by atoms with E-state index in [2.05, 4.69) is 65.6 Å². The van der Waals surface area contributed by atoms with Crippen molar-refractivity contribution in [3.05, 3.63) is 34.3 Å². The minimum absolute atomic E-state index is 0.479. The van der Waals surface area contributed by atoms with Gasteiger partial charge in [0.05, 0.1) is 0 Å². The fraction of sp³-hybridized carbons (Fsp3) is 0.571. The van der Waals surface area contributed by atoms with Crippen LogP contribution in [0.4, 0.5) is 0 Å². The summed E-state index contributed by atoms with van der Waals surface area (Å²) in [5.74, 6) is 1.96. The van der Waals surface area contributed by atoms with Crippen molar-refractivity contribution in [3.8, 4) is 0 Å². The van der Waals surface area contributed by atoms with Gasteiger partial charge in [0.15, 0.2) is 0 Å². The Morgan fingerprint density at radius 1 is 1.29 bits per heavy atom. The van der Waals surface area contributed by atoms with Gasteiger partial charge in [-0.25, -0.2) is 0 Å². The van der Waals surface area contributed by atoms with E-state index in [1.165, 1.54) is 11.3 Å². The summed E-state index contributed by atoms with van der Waals surface area (Å²) in [7, 11) is 0. The van der Waals surface area contributed by atoms with E-state index in [1.807, 2.05) is 11.8 Å². The molecule has 0 bridgehead atoms. The molecule has 0 aliphatic carbocycles. The predicted molar refractivity (Wildman–Crippen MR) is 82.7 cm³/mol. The molecule has 1 aromatic carbocycles. The zero-order chi connectivity index (χ0) is 12.7. The van der Waals surface area contributed by atoms with Crippen LogP contribution in [0.5, 0.6) is 0 Å². The largest absolute Gasteiger partial charge is 0.310 e. The zero-order valence-electron chi connectivity index (χ0n) is 10.9.